The molecule has 6 nitrogen and oxygen atoms in total. The highest BCUT2D eigenvalue weighted by molar-refractivity contribution is 7.98. The van der Waals surface area contributed by atoms with Crippen LogP contribution in [0.5, 0.6) is 0 Å². The fourth-order valence-corrected chi connectivity index (χ4v) is 5.22. The Morgan fingerprint density at radius 1 is 1.02 bits per heavy atom. The molecule has 48 heavy (non-hydrogen) atoms. The Balaban J connectivity index is 1.83. The lowest BCUT2D eigenvalue weighted by Gasteiger charge is -2.28. The molecule has 1 aliphatic rings. The van der Waals surface area contributed by atoms with Crippen LogP contribution in [0.1, 0.15) is 82.5 Å². The highest BCUT2D eigenvalue weighted by Gasteiger charge is 2.32. The fourth-order valence-electron chi connectivity index (χ4n) is 4.27. The van der Waals surface area contributed by atoms with Gasteiger partial charge in [0.2, 0.25) is 5.91 Å². The second kappa shape index (κ2) is 15.5. The lowest BCUT2D eigenvalue weighted by Crippen LogP contribution is -2.40. The quantitative estimate of drug-likeness (QED) is 0.0820. The number of carbonyl (C=O) groups excluding carboxylic acids is 1. The van der Waals surface area contributed by atoms with Gasteiger partial charge >= 0.3 is 6.18 Å². The molecular formula is C37H40F4N4O2S. The van der Waals surface area contributed by atoms with Crippen LogP contribution in [0, 0.1) is 12.7 Å². The first-order chi connectivity index (χ1) is 31.0. The Morgan fingerprint density at radius 3 is 2.38 bits per heavy atom. The van der Waals surface area contributed by atoms with Gasteiger partial charge < -0.3 is 14.4 Å². The molecule has 3 aromatic carbocycles. The van der Waals surface area contributed by atoms with Gasteiger partial charge in [0.15, 0.2) is 5.16 Å². The standard InChI is InChI=1S/C37H40F4N4O2S/c1-4-43(5-2)19-20-44(22-26-9-13-28(14-10-26)29-15-18-32(25(3)21-29)37(39,40)41)34(46)23-45-33-8-6-7-31(33)35(47)42-36(45)48-24-27-11-16-30(38)17-12-27/h9-18,21H,4-8,19-20,22-24H2,1-3H3/i4D2,5D2,6D2,7D2,8D2,9D,10D,13D,14D,15D,18D,19D2,20D2,21D. The van der Waals surface area contributed by atoms with Crippen molar-refractivity contribution in [2.75, 3.05) is 26.0 Å². The van der Waals surface area contributed by atoms with Gasteiger partial charge in [-0.3, -0.25) is 9.59 Å². The maximum atomic E-state index is 15.0. The first-order valence-corrected chi connectivity index (χ1v) is 14.9. The van der Waals surface area contributed by atoms with Crippen LogP contribution in [0.2, 0.25) is 0 Å². The number of thioether (sulfide) groups is 1. The van der Waals surface area contributed by atoms with E-state index in [0.717, 1.165) is 19.1 Å². The van der Waals surface area contributed by atoms with Crippen LogP contribution in [0.3, 0.4) is 0 Å². The molecule has 1 heterocycles. The molecule has 0 fully saturated rings. The van der Waals surface area contributed by atoms with Gasteiger partial charge in [0, 0.05) is 53.0 Å². The van der Waals surface area contributed by atoms with Crippen LogP contribution in [0.15, 0.2) is 76.5 Å². The fraction of sp³-hybridized carbons (Fsp3) is 0.378. The number of hydrogen-bond donors (Lipinski definition) is 0. The summed E-state index contributed by atoms with van der Waals surface area (Å²) >= 11 is 0.540. The number of aromatic nitrogens is 2. The van der Waals surface area contributed by atoms with Crippen molar-refractivity contribution in [1.82, 2.24) is 19.4 Å². The largest absolute Gasteiger partial charge is 0.416 e. The lowest BCUT2D eigenvalue weighted by molar-refractivity contribution is -0.138. The van der Waals surface area contributed by atoms with E-state index in [4.69, 9.17) is 26.0 Å². The molecule has 1 aromatic heterocycles. The molecule has 0 spiro atoms. The molecule has 11 heteroatoms. The van der Waals surface area contributed by atoms with E-state index in [1.165, 1.54) is 12.1 Å². The minimum absolute atomic E-state index is 0.163. The highest BCUT2D eigenvalue weighted by Crippen LogP contribution is 2.34. The Morgan fingerprint density at radius 2 is 1.71 bits per heavy atom. The van der Waals surface area contributed by atoms with E-state index in [-0.39, 0.29) is 15.6 Å². The number of carbonyl (C=O) groups is 1. The number of hydrogen-bond acceptors (Lipinski definition) is 5. The smallest absolute Gasteiger partial charge is 0.336 e. The molecule has 0 radical (unpaired) electrons. The summed E-state index contributed by atoms with van der Waals surface area (Å²) in [5, 5.41) is -0.666. The summed E-state index contributed by atoms with van der Waals surface area (Å²) < 4.78 is 238. The van der Waals surface area contributed by atoms with E-state index < -0.39 is 168 Å². The molecule has 1 aliphatic carbocycles. The highest BCUT2D eigenvalue weighted by atomic mass is 32.2. The second-order valence-electron chi connectivity index (χ2n) is 9.89. The van der Waals surface area contributed by atoms with Gasteiger partial charge in [0.1, 0.15) is 12.4 Å². The number of alkyl halides is 3. The monoisotopic (exact) mass is 701 g/mol. The van der Waals surface area contributed by atoms with E-state index in [1.54, 1.807) is 0 Å². The summed E-state index contributed by atoms with van der Waals surface area (Å²) in [6, 6.07) is -4.20. The van der Waals surface area contributed by atoms with Gasteiger partial charge in [-0.1, -0.05) is 74.0 Å². The Kier molecular flexibility index (Phi) is 5.53. The molecule has 0 saturated carbocycles. The maximum Gasteiger partial charge on any atom is 0.416 e. The molecule has 4 aromatic rings. The number of nitrogens with zero attached hydrogens (tertiary/aromatic N) is 4. The summed E-state index contributed by atoms with van der Waals surface area (Å²) in [6.45, 7) is -15.6. The third kappa shape index (κ3) is 8.54. The molecule has 0 bridgehead atoms. The summed E-state index contributed by atoms with van der Waals surface area (Å²) in [4.78, 5) is 32.0. The van der Waals surface area contributed by atoms with Gasteiger partial charge in [-0.25, -0.2) is 4.39 Å². The van der Waals surface area contributed by atoms with E-state index >= 15 is 4.79 Å². The van der Waals surface area contributed by atoms with Gasteiger partial charge in [0.05, 0.1) is 17.9 Å². The number of rotatable bonds is 13. The number of fused-ring (bicyclic) bond motifs is 1. The number of benzene rings is 3. The molecule has 0 saturated heterocycles. The molecular weight excluding hydrogens is 640 g/mol. The first-order valence-electron chi connectivity index (χ1n) is 24.4. The van der Waals surface area contributed by atoms with Crippen molar-refractivity contribution in [3.05, 3.63) is 116 Å². The third-order valence-corrected chi connectivity index (χ3v) is 7.71. The molecule has 254 valence electrons. The summed E-state index contributed by atoms with van der Waals surface area (Å²) in [7, 11) is 0. The molecule has 0 aliphatic heterocycles. The second-order valence-corrected chi connectivity index (χ2v) is 10.8. The molecule has 0 N–H and O–H groups in total. The average Bonchev–Trinajstić information content (AvgIpc) is 3.29. The van der Waals surface area contributed by atoms with Gasteiger partial charge in [-0.2, -0.15) is 18.2 Å². The molecule has 0 unspecified atom stereocenters. The number of likely N-dealkylation sites (N-methyl/N-ethyl adjacent to an activating group) is 1. The van der Waals surface area contributed by atoms with Crippen LogP contribution in [-0.4, -0.2) is 51.2 Å². The first kappa shape index (κ1) is 17.1. The predicted octanol–water partition coefficient (Wildman–Crippen LogP) is 7.53. The van der Waals surface area contributed by atoms with Crippen molar-refractivity contribution in [1.29, 1.82) is 0 Å². The molecule has 5 rings (SSSR count). The predicted molar refractivity (Wildman–Crippen MR) is 181 cm³/mol. The Hall–Kier alpha value is -3.96. The van der Waals surface area contributed by atoms with Gasteiger partial charge in [0.25, 0.3) is 5.56 Å². The van der Waals surface area contributed by atoms with Crippen LogP contribution >= 0.6 is 11.8 Å². The SMILES string of the molecule is [2H]c1c([2H])c(-c2c([2H])c([2H])c(C(F)(F)F)c(C)c2[2H])c([2H])c([2H])c1CN(C(=O)Cn1c(SCc2ccc(F)cc2)nc(=O)c2c1C([2H])([2H])C([2H])([2H])C2([2H])[2H])C([2H])([2H])C([2H])([2H])N(C([2H])([2H])C)C([2H])([2H])C. The number of halogens is 4. The molecule has 1 amide bonds. The third-order valence-electron chi connectivity index (χ3n) is 6.66. The van der Waals surface area contributed by atoms with Crippen molar-refractivity contribution in [3.63, 3.8) is 0 Å². The van der Waals surface area contributed by atoms with Crippen molar-refractivity contribution >= 4 is 17.7 Å². The van der Waals surface area contributed by atoms with E-state index in [9.17, 15) is 25.1 Å². The van der Waals surface area contributed by atoms with E-state index in [0.29, 0.717) is 35.7 Å². The normalized spacial score (nSPS) is 23.5. The van der Waals surface area contributed by atoms with Crippen molar-refractivity contribution < 1.29 is 51.1 Å². The van der Waals surface area contributed by atoms with Crippen LogP contribution in [0.25, 0.3) is 11.1 Å². The zero-order valence-electron chi connectivity index (χ0n) is 46.5. The minimum atomic E-state index is -5.25. The maximum absolute atomic E-state index is 15.0. The summed E-state index contributed by atoms with van der Waals surface area (Å²) in [5.74, 6) is -2.70. The van der Waals surface area contributed by atoms with Gasteiger partial charge in [-0.15, -0.1) is 0 Å². The van der Waals surface area contributed by atoms with Crippen molar-refractivity contribution in [2.24, 2.45) is 0 Å². The Labute approximate surface area is 312 Å². The van der Waals surface area contributed by atoms with Crippen LogP contribution in [0.4, 0.5) is 17.6 Å². The number of amides is 1. The van der Waals surface area contributed by atoms with Crippen LogP contribution < -0.4 is 5.56 Å². The van der Waals surface area contributed by atoms with Crippen molar-refractivity contribution in [2.45, 2.75) is 70.1 Å². The topological polar surface area (TPSA) is 58.4 Å². The summed E-state index contributed by atoms with van der Waals surface area (Å²) in [5.41, 5.74) is -9.12. The van der Waals surface area contributed by atoms with Crippen molar-refractivity contribution in [3.8, 4) is 11.1 Å². The molecule has 0 atom stereocenters. The Bertz CT molecular complexity index is 2730. The van der Waals surface area contributed by atoms with E-state index in [2.05, 4.69) is 4.98 Å². The zero-order chi connectivity index (χ0) is 53.1. The zero-order valence-corrected chi connectivity index (χ0v) is 26.3. The summed E-state index contributed by atoms with van der Waals surface area (Å²) in [6.07, 6.45) is -15.9. The minimum Gasteiger partial charge on any atom is -0.336 e. The van der Waals surface area contributed by atoms with E-state index in [1.807, 2.05) is 0 Å². The van der Waals surface area contributed by atoms with Crippen LogP contribution in [-0.2, 0) is 42.6 Å². The average molecular weight is 702 g/mol. The lowest BCUT2D eigenvalue weighted by atomic mass is 9.98. The van der Waals surface area contributed by atoms with Gasteiger partial charge in [-0.05, 0) is 85.0 Å².